The lowest BCUT2D eigenvalue weighted by molar-refractivity contribution is 0.316. The number of hydrogen-bond acceptors (Lipinski definition) is 4. The van der Waals surface area contributed by atoms with Crippen LogP contribution in [0.3, 0.4) is 0 Å². The fourth-order valence-corrected chi connectivity index (χ4v) is 2.50. The Morgan fingerprint density at radius 1 is 1.50 bits per heavy atom. The molecule has 18 heavy (non-hydrogen) atoms. The molecule has 1 rings (SSSR count). The van der Waals surface area contributed by atoms with Crippen molar-refractivity contribution in [3.8, 4) is 11.5 Å². The van der Waals surface area contributed by atoms with Gasteiger partial charge in [-0.3, -0.25) is 4.21 Å². The van der Waals surface area contributed by atoms with Crippen LogP contribution in [0, 0.1) is 0 Å². The molecule has 0 aliphatic carbocycles. The second-order valence-corrected chi connectivity index (χ2v) is 5.70. The first-order chi connectivity index (χ1) is 8.54. The van der Waals surface area contributed by atoms with Crippen LogP contribution < -0.4 is 10.1 Å². The number of nitrogens with one attached hydrogen (secondary N) is 1. The highest BCUT2D eigenvalue weighted by Crippen LogP contribution is 2.29. The summed E-state index contributed by atoms with van der Waals surface area (Å²) in [4.78, 5) is 0. The molecule has 0 aliphatic rings. The van der Waals surface area contributed by atoms with Gasteiger partial charge in [-0.25, -0.2) is 0 Å². The van der Waals surface area contributed by atoms with Gasteiger partial charge in [0.15, 0.2) is 11.5 Å². The lowest BCUT2D eigenvalue weighted by Crippen LogP contribution is -2.30. The van der Waals surface area contributed by atoms with Gasteiger partial charge in [-0.1, -0.05) is 12.1 Å². The number of hydrogen-bond donors (Lipinski definition) is 2. The third-order valence-electron chi connectivity index (χ3n) is 2.51. The highest BCUT2D eigenvalue weighted by molar-refractivity contribution is 7.84. The summed E-state index contributed by atoms with van der Waals surface area (Å²) in [5, 5.41) is 13.2. The number of benzene rings is 1. The summed E-state index contributed by atoms with van der Waals surface area (Å²) in [5.74, 6) is 1.28. The molecule has 2 N–H and O–H groups in total. The van der Waals surface area contributed by atoms with E-state index in [1.54, 1.807) is 12.3 Å². The van der Waals surface area contributed by atoms with Crippen molar-refractivity contribution in [2.45, 2.75) is 26.4 Å². The van der Waals surface area contributed by atoms with E-state index in [-0.39, 0.29) is 11.8 Å². The van der Waals surface area contributed by atoms with Crippen molar-refractivity contribution in [3.63, 3.8) is 0 Å². The summed E-state index contributed by atoms with van der Waals surface area (Å²) in [6.07, 6.45) is 1.69. The van der Waals surface area contributed by atoms with Crippen LogP contribution in [0.15, 0.2) is 18.2 Å². The first-order valence-electron chi connectivity index (χ1n) is 6.01. The standard InChI is InChI=1S/C13H21NO3S/c1-4-17-12-7-5-6-11(13(12)15)8-14-10(2)9-18(3)16/h5-7,10,14-15H,4,8-9H2,1-3H3. The quantitative estimate of drug-likeness (QED) is 0.791. The van der Waals surface area contributed by atoms with E-state index in [2.05, 4.69) is 5.32 Å². The molecule has 0 amide bonds. The van der Waals surface area contributed by atoms with Gasteiger partial charge in [-0.2, -0.15) is 0 Å². The maximum Gasteiger partial charge on any atom is 0.162 e. The molecule has 1 aromatic carbocycles. The summed E-state index contributed by atoms with van der Waals surface area (Å²) in [5.41, 5.74) is 0.787. The number of aromatic hydroxyl groups is 1. The van der Waals surface area contributed by atoms with Gasteiger partial charge >= 0.3 is 0 Å². The van der Waals surface area contributed by atoms with Crippen LogP contribution in [-0.4, -0.2) is 34.0 Å². The predicted octanol–water partition coefficient (Wildman–Crippen LogP) is 1.65. The summed E-state index contributed by atoms with van der Waals surface area (Å²) >= 11 is 0. The molecule has 5 heteroatoms. The summed E-state index contributed by atoms with van der Waals surface area (Å²) in [7, 11) is -0.816. The van der Waals surface area contributed by atoms with E-state index in [9.17, 15) is 9.32 Å². The van der Waals surface area contributed by atoms with Gasteiger partial charge in [-0.05, 0) is 19.9 Å². The van der Waals surface area contributed by atoms with E-state index in [1.165, 1.54) is 0 Å². The van der Waals surface area contributed by atoms with Crippen molar-refractivity contribution in [1.82, 2.24) is 5.32 Å². The normalized spacial score (nSPS) is 14.2. The SMILES string of the molecule is CCOc1cccc(CNC(C)CS(C)=O)c1O. The summed E-state index contributed by atoms with van der Waals surface area (Å²) in [6, 6.07) is 5.59. The Labute approximate surface area is 111 Å². The lowest BCUT2D eigenvalue weighted by atomic mass is 10.1. The predicted molar refractivity (Wildman–Crippen MR) is 74.5 cm³/mol. The third kappa shape index (κ3) is 4.66. The molecule has 102 valence electrons. The number of phenols is 1. The largest absolute Gasteiger partial charge is 0.504 e. The molecule has 0 radical (unpaired) electrons. The average molecular weight is 271 g/mol. The van der Waals surface area contributed by atoms with Gasteiger partial charge in [0, 0.05) is 41.0 Å². The van der Waals surface area contributed by atoms with Crippen molar-refractivity contribution in [2.75, 3.05) is 18.6 Å². The molecule has 0 fully saturated rings. The van der Waals surface area contributed by atoms with E-state index in [0.717, 1.165) is 5.56 Å². The number of para-hydroxylation sites is 1. The molecular weight excluding hydrogens is 250 g/mol. The summed E-state index contributed by atoms with van der Waals surface area (Å²) in [6.45, 7) is 4.91. The van der Waals surface area contributed by atoms with Crippen molar-refractivity contribution in [2.24, 2.45) is 0 Å². The zero-order valence-electron chi connectivity index (χ0n) is 11.1. The van der Waals surface area contributed by atoms with Crippen LogP contribution in [0.25, 0.3) is 0 Å². The molecule has 0 aliphatic heterocycles. The molecular formula is C13H21NO3S. The molecule has 0 bridgehead atoms. The Bertz CT molecular complexity index is 409. The van der Waals surface area contributed by atoms with Crippen molar-refractivity contribution in [1.29, 1.82) is 0 Å². The highest BCUT2D eigenvalue weighted by atomic mass is 32.2. The minimum atomic E-state index is -0.816. The van der Waals surface area contributed by atoms with Gasteiger partial charge in [-0.15, -0.1) is 0 Å². The fraction of sp³-hybridized carbons (Fsp3) is 0.538. The van der Waals surface area contributed by atoms with Crippen molar-refractivity contribution in [3.05, 3.63) is 23.8 Å². The third-order valence-corrected chi connectivity index (χ3v) is 3.48. The molecule has 2 unspecified atom stereocenters. The maximum absolute atomic E-state index is 11.1. The first kappa shape index (κ1) is 15.0. The van der Waals surface area contributed by atoms with Crippen LogP contribution in [0.4, 0.5) is 0 Å². The van der Waals surface area contributed by atoms with E-state index in [0.29, 0.717) is 24.7 Å². The van der Waals surface area contributed by atoms with Gasteiger partial charge in [0.2, 0.25) is 0 Å². The molecule has 0 saturated carbocycles. The molecule has 4 nitrogen and oxygen atoms in total. The van der Waals surface area contributed by atoms with Gasteiger partial charge in [0.25, 0.3) is 0 Å². The van der Waals surface area contributed by atoms with Crippen LogP contribution >= 0.6 is 0 Å². The Kier molecular flexibility index (Phi) is 6.15. The first-order valence-corrected chi connectivity index (χ1v) is 7.74. The smallest absolute Gasteiger partial charge is 0.162 e. The molecule has 0 spiro atoms. The van der Waals surface area contributed by atoms with Gasteiger partial charge in [0.05, 0.1) is 6.61 Å². The van der Waals surface area contributed by atoms with Crippen LogP contribution in [-0.2, 0) is 17.3 Å². The minimum Gasteiger partial charge on any atom is -0.504 e. The minimum absolute atomic E-state index is 0.144. The topological polar surface area (TPSA) is 58.6 Å². The van der Waals surface area contributed by atoms with E-state index < -0.39 is 10.8 Å². The van der Waals surface area contributed by atoms with Gasteiger partial charge in [0.1, 0.15) is 0 Å². The van der Waals surface area contributed by atoms with Crippen LogP contribution in [0.1, 0.15) is 19.4 Å². The molecule has 2 atom stereocenters. The van der Waals surface area contributed by atoms with E-state index in [4.69, 9.17) is 4.74 Å². The zero-order chi connectivity index (χ0) is 13.5. The lowest BCUT2D eigenvalue weighted by Gasteiger charge is -2.14. The second-order valence-electron chi connectivity index (χ2n) is 4.22. The van der Waals surface area contributed by atoms with Gasteiger partial charge < -0.3 is 15.2 Å². The molecule has 0 saturated heterocycles. The second kappa shape index (κ2) is 7.38. The Morgan fingerprint density at radius 3 is 2.83 bits per heavy atom. The van der Waals surface area contributed by atoms with E-state index >= 15 is 0 Å². The summed E-state index contributed by atoms with van der Waals surface area (Å²) < 4.78 is 16.4. The molecule has 0 heterocycles. The van der Waals surface area contributed by atoms with Crippen LogP contribution in [0.2, 0.25) is 0 Å². The Morgan fingerprint density at radius 2 is 2.22 bits per heavy atom. The van der Waals surface area contributed by atoms with E-state index in [1.807, 2.05) is 26.0 Å². The van der Waals surface area contributed by atoms with Crippen molar-refractivity contribution >= 4 is 10.8 Å². The monoisotopic (exact) mass is 271 g/mol. The Balaban J connectivity index is 2.62. The molecule has 0 aromatic heterocycles. The number of ether oxygens (including phenoxy) is 1. The Hall–Kier alpha value is -1.07. The van der Waals surface area contributed by atoms with Crippen LogP contribution in [0.5, 0.6) is 11.5 Å². The zero-order valence-corrected chi connectivity index (χ0v) is 11.9. The number of phenolic OH excluding ortho intramolecular Hbond substituents is 1. The average Bonchev–Trinajstić information content (AvgIpc) is 2.29. The molecule has 1 aromatic rings. The van der Waals surface area contributed by atoms with Crippen molar-refractivity contribution < 1.29 is 14.1 Å². The fourth-order valence-electron chi connectivity index (χ4n) is 1.68. The maximum atomic E-state index is 11.1. The highest BCUT2D eigenvalue weighted by Gasteiger charge is 2.09. The number of rotatable bonds is 7.